The van der Waals surface area contributed by atoms with Gasteiger partial charge in [0.1, 0.15) is 22.7 Å². The molecule has 0 saturated carbocycles. The Kier molecular flexibility index (Phi) is 7.32. The molecule has 2 atom stereocenters. The molecular formula is C28H29Cl3N4O2. The van der Waals surface area contributed by atoms with Crippen LogP contribution >= 0.6 is 34.8 Å². The maximum atomic E-state index is 13.2. The van der Waals surface area contributed by atoms with Gasteiger partial charge in [-0.15, -0.1) is 0 Å². The van der Waals surface area contributed by atoms with Crippen molar-refractivity contribution in [1.29, 1.82) is 0 Å². The normalized spacial score (nSPS) is 21.6. The minimum absolute atomic E-state index is 0.306. The third-order valence-electron chi connectivity index (χ3n) is 6.87. The van der Waals surface area contributed by atoms with E-state index < -0.39 is 16.4 Å². The van der Waals surface area contributed by atoms with Crippen molar-refractivity contribution >= 4 is 46.0 Å². The molecule has 0 bridgehead atoms. The first-order valence-corrected chi connectivity index (χ1v) is 13.1. The van der Waals surface area contributed by atoms with Crippen LogP contribution in [0.1, 0.15) is 64.1 Å². The van der Waals surface area contributed by atoms with Gasteiger partial charge in [0, 0.05) is 21.7 Å². The Morgan fingerprint density at radius 2 is 1.51 bits per heavy atom. The zero-order valence-electron chi connectivity index (χ0n) is 21.6. The first-order chi connectivity index (χ1) is 17.3. The number of rotatable bonds is 5. The van der Waals surface area contributed by atoms with Gasteiger partial charge in [0.15, 0.2) is 0 Å². The summed E-state index contributed by atoms with van der Waals surface area (Å²) in [5.74, 6) is 1.27. The summed E-state index contributed by atoms with van der Waals surface area (Å²) in [6, 6.07) is 14.7. The molecule has 2 heterocycles. The van der Waals surface area contributed by atoms with E-state index in [0.29, 0.717) is 39.8 Å². The fourth-order valence-corrected chi connectivity index (χ4v) is 5.17. The van der Waals surface area contributed by atoms with E-state index in [-0.39, 0.29) is 5.41 Å². The summed E-state index contributed by atoms with van der Waals surface area (Å²) in [5.41, 5.74) is -0.213. The average Bonchev–Trinajstić information content (AvgIpc) is 3.08. The van der Waals surface area contributed by atoms with Crippen LogP contribution in [0.2, 0.25) is 10.0 Å². The van der Waals surface area contributed by atoms with Gasteiger partial charge in [0.2, 0.25) is 5.88 Å². The average molecular weight is 560 g/mol. The molecule has 1 amide bonds. The Labute approximate surface area is 232 Å². The molecule has 0 spiro atoms. The second-order valence-corrected chi connectivity index (χ2v) is 11.5. The predicted molar refractivity (Wildman–Crippen MR) is 149 cm³/mol. The molecule has 1 aromatic heterocycles. The Morgan fingerprint density at radius 1 is 0.973 bits per heavy atom. The van der Waals surface area contributed by atoms with Crippen molar-refractivity contribution in [3.8, 4) is 5.88 Å². The minimum Gasteiger partial charge on any atom is -0.477 e. The molecule has 194 valence electrons. The summed E-state index contributed by atoms with van der Waals surface area (Å²) in [4.78, 5) is 29.2. The van der Waals surface area contributed by atoms with Crippen LogP contribution in [0, 0.1) is 0 Å². The van der Waals surface area contributed by atoms with E-state index in [1.165, 1.54) is 4.90 Å². The van der Waals surface area contributed by atoms with Crippen LogP contribution in [0.3, 0.4) is 0 Å². The maximum Gasteiger partial charge on any atom is 0.322 e. The third kappa shape index (κ3) is 4.71. The van der Waals surface area contributed by atoms with Gasteiger partial charge < -0.3 is 4.74 Å². The fourth-order valence-electron chi connectivity index (χ4n) is 4.67. The molecular weight excluding hydrogens is 531 g/mol. The van der Waals surface area contributed by atoms with Gasteiger partial charge in [-0.3, -0.25) is 14.7 Å². The first kappa shape index (κ1) is 27.4. The van der Waals surface area contributed by atoms with Gasteiger partial charge in [-0.05, 0) is 67.8 Å². The Bertz CT molecular complexity index is 1350. The summed E-state index contributed by atoms with van der Waals surface area (Å²) in [7, 11) is 0. The van der Waals surface area contributed by atoms with Crippen LogP contribution < -0.4 is 4.74 Å². The molecule has 0 N–H and O–H groups in total. The standard InChI is InChI=1S/C28H29Cl3N4O2/c1-7-37-23-21(16-32-24(33-23)26(2,3)4)22-34-27(5,17-8-12-19(29)13-9-17)28(6,35(22)25(31)36)18-10-14-20(30)15-11-18/h8-16H,7H2,1-6H3/t27-,28+/m0/s1. The molecule has 0 unspecified atom stereocenters. The molecule has 9 heteroatoms. The quantitative estimate of drug-likeness (QED) is 0.237. The number of amidine groups is 1. The zero-order chi connectivity index (χ0) is 27.2. The molecule has 1 aliphatic rings. The summed E-state index contributed by atoms with van der Waals surface area (Å²) >= 11 is 18.8. The second-order valence-electron chi connectivity index (χ2n) is 10.3. The van der Waals surface area contributed by atoms with Crippen LogP contribution in [0.5, 0.6) is 5.88 Å². The topological polar surface area (TPSA) is 67.7 Å². The molecule has 0 saturated heterocycles. The fraction of sp³-hybridized carbons (Fsp3) is 0.357. The number of aliphatic imine (C=N–C) groups is 1. The molecule has 2 aromatic carbocycles. The van der Waals surface area contributed by atoms with Crippen molar-refractivity contribution in [1.82, 2.24) is 14.9 Å². The molecule has 3 aromatic rings. The maximum absolute atomic E-state index is 13.2. The molecule has 1 aliphatic heterocycles. The van der Waals surface area contributed by atoms with E-state index >= 15 is 0 Å². The molecule has 37 heavy (non-hydrogen) atoms. The summed E-state index contributed by atoms with van der Waals surface area (Å²) in [6.07, 6.45) is 1.65. The second kappa shape index (κ2) is 9.90. The van der Waals surface area contributed by atoms with Crippen LogP contribution in [0.4, 0.5) is 4.79 Å². The smallest absolute Gasteiger partial charge is 0.322 e. The highest BCUT2D eigenvalue weighted by Gasteiger charge is 2.59. The molecule has 6 nitrogen and oxygen atoms in total. The van der Waals surface area contributed by atoms with E-state index in [1.807, 2.05) is 65.8 Å². The van der Waals surface area contributed by atoms with Gasteiger partial charge in [-0.25, -0.2) is 4.98 Å². The number of carbonyl (C=O) groups excluding carboxylic acids is 1. The van der Waals surface area contributed by atoms with Gasteiger partial charge in [-0.1, -0.05) is 68.2 Å². The Hall–Kier alpha value is -2.67. The van der Waals surface area contributed by atoms with Crippen molar-refractivity contribution in [3.63, 3.8) is 0 Å². The number of aromatic nitrogens is 2. The lowest BCUT2D eigenvalue weighted by molar-refractivity contribution is 0.149. The Balaban J connectivity index is 2.03. The number of hydrogen-bond donors (Lipinski definition) is 0. The number of benzene rings is 2. The first-order valence-electron chi connectivity index (χ1n) is 11.9. The van der Waals surface area contributed by atoms with E-state index in [9.17, 15) is 4.79 Å². The van der Waals surface area contributed by atoms with Crippen molar-refractivity contribution in [2.45, 2.75) is 58.0 Å². The van der Waals surface area contributed by atoms with E-state index in [1.54, 1.807) is 30.5 Å². The molecule has 4 rings (SSSR count). The van der Waals surface area contributed by atoms with Crippen molar-refractivity contribution in [2.24, 2.45) is 4.99 Å². The number of nitrogens with zero attached hydrogens (tertiary/aromatic N) is 4. The van der Waals surface area contributed by atoms with E-state index in [4.69, 9.17) is 49.5 Å². The Morgan fingerprint density at radius 3 is 2.00 bits per heavy atom. The van der Waals surface area contributed by atoms with Crippen LogP contribution in [0.25, 0.3) is 0 Å². The minimum atomic E-state index is -1.05. The number of amides is 1. The van der Waals surface area contributed by atoms with Gasteiger partial charge in [0.05, 0.1) is 12.2 Å². The number of halogens is 3. The van der Waals surface area contributed by atoms with Crippen LogP contribution in [-0.4, -0.2) is 32.7 Å². The van der Waals surface area contributed by atoms with Crippen LogP contribution in [-0.2, 0) is 16.5 Å². The lowest BCUT2D eigenvalue weighted by atomic mass is 9.71. The molecule has 0 fully saturated rings. The third-order valence-corrected chi connectivity index (χ3v) is 7.54. The zero-order valence-corrected chi connectivity index (χ0v) is 23.9. The highest BCUT2D eigenvalue weighted by Crippen LogP contribution is 2.53. The monoisotopic (exact) mass is 558 g/mol. The SMILES string of the molecule is CCOc1nc(C(C)(C)C)ncc1C1=N[C@@](C)(c2ccc(Cl)cc2)[C@@](C)(c2ccc(Cl)cc2)N1C(=O)Cl. The molecule has 0 radical (unpaired) electrons. The van der Waals surface area contributed by atoms with Gasteiger partial charge in [0.25, 0.3) is 0 Å². The van der Waals surface area contributed by atoms with Gasteiger partial charge >= 0.3 is 5.37 Å². The lowest BCUT2D eigenvalue weighted by Gasteiger charge is -2.44. The summed E-state index contributed by atoms with van der Waals surface area (Å²) in [5, 5.41) is 0.474. The van der Waals surface area contributed by atoms with Crippen LogP contribution in [0.15, 0.2) is 59.7 Å². The van der Waals surface area contributed by atoms with Gasteiger partial charge in [-0.2, -0.15) is 4.98 Å². The largest absolute Gasteiger partial charge is 0.477 e. The van der Waals surface area contributed by atoms with Crippen molar-refractivity contribution in [2.75, 3.05) is 6.61 Å². The summed E-state index contributed by atoms with van der Waals surface area (Å²) < 4.78 is 5.94. The number of ether oxygens (including phenoxy) is 1. The van der Waals surface area contributed by atoms with E-state index in [0.717, 1.165) is 11.1 Å². The highest BCUT2D eigenvalue weighted by molar-refractivity contribution is 6.64. The molecule has 0 aliphatic carbocycles. The number of hydrogen-bond acceptors (Lipinski definition) is 5. The highest BCUT2D eigenvalue weighted by atomic mass is 35.5. The van der Waals surface area contributed by atoms with E-state index in [2.05, 4.69) is 4.98 Å². The predicted octanol–water partition coefficient (Wildman–Crippen LogP) is 7.73. The summed E-state index contributed by atoms with van der Waals surface area (Å²) in [6.45, 7) is 12.2. The number of carbonyl (C=O) groups is 1. The van der Waals surface area contributed by atoms with Crippen molar-refractivity contribution in [3.05, 3.63) is 87.3 Å². The lowest BCUT2D eigenvalue weighted by Crippen LogP contribution is -2.53. The van der Waals surface area contributed by atoms with Crippen molar-refractivity contribution < 1.29 is 9.53 Å².